The highest BCUT2D eigenvalue weighted by Gasteiger charge is 1.97. The van der Waals surface area contributed by atoms with Gasteiger partial charge in [-0.25, -0.2) is 0 Å². The van der Waals surface area contributed by atoms with Crippen LogP contribution in [0.1, 0.15) is 18.2 Å². The highest BCUT2D eigenvalue weighted by molar-refractivity contribution is 5.48. The van der Waals surface area contributed by atoms with Crippen LogP contribution in [-0.4, -0.2) is 11.6 Å². The molecular weight excluding hydrogens is 224 g/mol. The van der Waals surface area contributed by atoms with Crippen LogP contribution in [0.15, 0.2) is 42.6 Å². The molecule has 0 aliphatic carbocycles. The number of rotatable bonds is 5. The topological polar surface area (TPSA) is 34.1 Å². The second-order valence-electron chi connectivity index (χ2n) is 4.14. The summed E-state index contributed by atoms with van der Waals surface area (Å²) in [5, 5.41) is 3.34. The smallest absolute Gasteiger partial charge is 0.121 e. The fourth-order valence-corrected chi connectivity index (χ4v) is 1.66. The third-order valence-electron chi connectivity index (χ3n) is 2.59. The molecular formula is C15H18N2O. The molecule has 3 heteroatoms. The number of aromatic nitrogens is 1. The van der Waals surface area contributed by atoms with Crippen LogP contribution in [0.3, 0.4) is 0 Å². The molecule has 0 fully saturated rings. The molecule has 0 saturated carbocycles. The summed E-state index contributed by atoms with van der Waals surface area (Å²) < 4.78 is 5.46. The standard InChI is InChI=1S/C15H18N2O/c1-3-18-15-6-4-5-13(9-15)17-11-14-8-7-12(2)10-16-14/h4-10,17H,3,11H2,1-2H3. The van der Waals surface area contributed by atoms with Crippen molar-refractivity contribution in [1.29, 1.82) is 0 Å². The van der Waals surface area contributed by atoms with Gasteiger partial charge in [-0.2, -0.15) is 0 Å². The average molecular weight is 242 g/mol. The van der Waals surface area contributed by atoms with Gasteiger partial charge in [0.05, 0.1) is 18.8 Å². The molecule has 0 unspecified atom stereocenters. The lowest BCUT2D eigenvalue weighted by Crippen LogP contribution is -2.02. The zero-order valence-electron chi connectivity index (χ0n) is 10.8. The number of benzene rings is 1. The van der Waals surface area contributed by atoms with Gasteiger partial charge in [0.15, 0.2) is 0 Å². The number of ether oxygens (including phenoxy) is 1. The van der Waals surface area contributed by atoms with Crippen molar-refractivity contribution in [3.63, 3.8) is 0 Å². The van der Waals surface area contributed by atoms with Crippen LogP contribution < -0.4 is 10.1 Å². The molecule has 1 aromatic heterocycles. The number of aryl methyl sites for hydroxylation is 1. The summed E-state index contributed by atoms with van der Waals surface area (Å²) in [7, 11) is 0. The summed E-state index contributed by atoms with van der Waals surface area (Å²) >= 11 is 0. The Morgan fingerprint density at radius 3 is 2.83 bits per heavy atom. The molecule has 0 spiro atoms. The number of hydrogen-bond acceptors (Lipinski definition) is 3. The second kappa shape index (κ2) is 6.05. The first-order valence-electron chi connectivity index (χ1n) is 6.16. The van der Waals surface area contributed by atoms with E-state index in [9.17, 15) is 0 Å². The number of nitrogens with one attached hydrogen (secondary N) is 1. The van der Waals surface area contributed by atoms with Crippen molar-refractivity contribution >= 4 is 5.69 Å². The van der Waals surface area contributed by atoms with E-state index in [1.165, 1.54) is 5.56 Å². The number of hydrogen-bond donors (Lipinski definition) is 1. The van der Waals surface area contributed by atoms with Crippen LogP contribution in [-0.2, 0) is 6.54 Å². The Morgan fingerprint density at radius 2 is 2.11 bits per heavy atom. The van der Waals surface area contributed by atoms with Crippen molar-refractivity contribution in [3.8, 4) is 5.75 Å². The van der Waals surface area contributed by atoms with Crippen LogP contribution in [0.2, 0.25) is 0 Å². The number of pyridine rings is 1. The third kappa shape index (κ3) is 3.48. The molecule has 3 nitrogen and oxygen atoms in total. The first-order chi connectivity index (χ1) is 8.78. The predicted octanol–water partition coefficient (Wildman–Crippen LogP) is 3.40. The summed E-state index contributed by atoms with van der Waals surface area (Å²) in [6.45, 7) is 5.42. The average Bonchev–Trinajstić information content (AvgIpc) is 2.39. The van der Waals surface area contributed by atoms with E-state index in [0.29, 0.717) is 6.61 Å². The molecule has 2 aromatic rings. The highest BCUT2D eigenvalue weighted by Crippen LogP contribution is 2.17. The first kappa shape index (κ1) is 12.4. The van der Waals surface area contributed by atoms with Gasteiger partial charge in [0.2, 0.25) is 0 Å². The first-order valence-corrected chi connectivity index (χ1v) is 6.16. The van der Waals surface area contributed by atoms with Crippen molar-refractivity contribution in [3.05, 3.63) is 53.9 Å². The number of anilines is 1. The van der Waals surface area contributed by atoms with E-state index >= 15 is 0 Å². The third-order valence-corrected chi connectivity index (χ3v) is 2.59. The molecule has 94 valence electrons. The van der Waals surface area contributed by atoms with Crippen LogP contribution >= 0.6 is 0 Å². The monoisotopic (exact) mass is 242 g/mol. The zero-order chi connectivity index (χ0) is 12.8. The fourth-order valence-electron chi connectivity index (χ4n) is 1.66. The van der Waals surface area contributed by atoms with Gasteiger partial charge < -0.3 is 10.1 Å². The molecule has 18 heavy (non-hydrogen) atoms. The van der Waals surface area contributed by atoms with Gasteiger partial charge in [-0.05, 0) is 37.6 Å². The molecule has 1 heterocycles. The minimum atomic E-state index is 0.684. The van der Waals surface area contributed by atoms with E-state index < -0.39 is 0 Å². The lowest BCUT2D eigenvalue weighted by molar-refractivity contribution is 0.340. The van der Waals surface area contributed by atoms with Gasteiger partial charge in [-0.15, -0.1) is 0 Å². The van der Waals surface area contributed by atoms with E-state index in [2.05, 4.69) is 16.4 Å². The summed E-state index contributed by atoms with van der Waals surface area (Å²) in [6.07, 6.45) is 1.88. The van der Waals surface area contributed by atoms with Gasteiger partial charge in [0.25, 0.3) is 0 Å². The predicted molar refractivity (Wildman–Crippen MR) is 73.9 cm³/mol. The maximum Gasteiger partial charge on any atom is 0.121 e. The zero-order valence-corrected chi connectivity index (χ0v) is 10.8. The van der Waals surface area contributed by atoms with Gasteiger partial charge in [-0.3, -0.25) is 4.98 Å². The molecule has 1 N–H and O–H groups in total. The fraction of sp³-hybridized carbons (Fsp3) is 0.267. The van der Waals surface area contributed by atoms with Crippen molar-refractivity contribution in [1.82, 2.24) is 4.98 Å². The molecule has 0 amide bonds. The molecule has 0 saturated heterocycles. The summed E-state index contributed by atoms with van der Waals surface area (Å²) in [5.41, 5.74) is 3.25. The van der Waals surface area contributed by atoms with Crippen molar-refractivity contribution in [2.75, 3.05) is 11.9 Å². The highest BCUT2D eigenvalue weighted by atomic mass is 16.5. The molecule has 0 atom stereocenters. The minimum Gasteiger partial charge on any atom is -0.494 e. The van der Waals surface area contributed by atoms with Crippen LogP contribution in [0, 0.1) is 6.92 Å². The van der Waals surface area contributed by atoms with Crippen molar-refractivity contribution in [2.24, 2.45) is 0 Å². The second-order valence-corrected chi connectivity index (χ2v) is 4.14. The van der Waals surface area contributed by atoms with Crippen molar-refractivity contribution < 1.29 is 4.74 Å². The SMILES string of the molecule is CCOc1cccc(NCc2ccc(C)cn2)c1. The van der Waals surface area contributed by atoms with E-state index in [4.69, 9.17) is 4.74 Å². The quantitative estimate of drug-likeness (QED) is 0.872. The Bertz CT molecular complexity index is 494. The Kier molecular flexibility index (Phi) is 4.18. The Morgan fingerprint density at radius 1 is 1.22 bits per heavy atom. The molecule has 0 radical (unpaired) electrons. The normalized spacial score (nSPS) is 10.1. The molecule has 2 rings (SSSR count). The van der Waals surface area contributed by atoms with Crippen LogP contribution in [0.25, 0.3) is 0 Å². The van der Waals surface area contributed by atoms with Gasteiger partial charge in [0.1, 0.15) is 5.75 Å². The maximum absolute atomic E-state index is 5.46. The minimum absolute atomic E-state index is 0.684. The van der Waals surface area contributed by atoms with E-state index in [1.54, 1.807) is 0 Å². The Hall–Kier alpha value is -2.03. The van der Waals surface area contributed by atoms with E-state index in [-0.39, 0.29) is 0 Å². The number of nitrogens with zero attached hydrogens (tertiary/aromatic N) is 1. The molecule has 0 aliphatic heterocycles. The van der Waals surface area contributed by atoms with Gasteiger partial charge >= 0.3 is 0 Å². The van der Waals surface area contributed by atoms with Crippen molar-refractivity contribution in [2.45, 2.75) is 20.4 Å². The summed E-state index contributed by atoms with van der Waals surface area (Å²) in [6, 6.07) is 12.1. The largest absolute Gasteiger partial charge is 0.494 e. The summed E-state index contributed by atoms with van der Waals surface area (Å²) in [5.74, 6) is 0.888. The Balaban J connectivity index is 1.97. The maximum atomic E-state index is 5.46. The van der Waals surface area contributed by atoms with E-state index in [1.807, 2.05) is 50.4 Å². The molecule has 0 bridgehead atoms. The lowest BCUT2D eigenvalue weighted by Gasteiger charge is -2.08. The molecule has 0 aliphatic rings. The van der Waals surface area contributed by atoms with E-state index in [0.717, 1.165) is 23.7 Å². The van der Waals surface area contributed by atoms with Crippen LogP contribution in [0.4, 0.5) is 5.69 Å². The lowest BCUT2D eigenvalue weighted by atomic mass is 10.2. The van der Waals surface area contributed by atoms with Crippen LogP contribution in [0.5, 0.6) is 5.75 Å². The Labute approximate surface area is 108 Å². The van der Waals surface area contributed by atoms with Gasteiger partial charge in [-0.1, -0.05) is 12.1 Å². The van der Waals surface area contributed by atoms with Gasteiger partial charge in [0, 0.05) is 18.0 Å². The molecule has 1 aromatic carbocycles. The summed E-state index contributed by atoms with van der Waals surface area (Å²) in [4.78, 5) is 4.36.